The van der Waals surface area contributed by atoms with Crippen molar-refractivity contribution >= 4 is 15.9 Å². The summed E-state index contributed by atoms with van der Waals surface area (Å²) in [7, 11) is 0. The van der Waals surface area contributed by atoms with E-state index in [4.69, 9.17) is 14.9 Å². The molecule has 1 aliphatic heterocycles. The zero-order valence-corrected chi connectivity index (χ0v) is 7.75. The van der Waals surface area contributed by atoms with E-state index in [-0.39, 0.29) is 0 Å². The number of aliphatic hydroxyl groups excluding tert-OH is 4. The summed E-state index contributed by atoms with van der Waals surface area (Å²) in [5.74, 6) is 0. The molecule has 6 heteroatoms. The first kappa shape index (κ1) is 10.4. The first-order chi connectivity index (χ1) is 5.57. The number of aliphatic hydroxyl groups is 4. The summed E-state index contributed by atoms with van der Waals surface area (Å²) in [5, 5.41) is 36.3. The maximum absolute atomic E-state index is 9.27. The summed E-state index contributed by atoms with van der Waals surface area (Å²) in [6.07, 6.45) is -4.45. The Morgan fingerprint density at radius 1 is 1.17 bits per heavy atom. The monoisotopic (exact) mass is 242 g/mol. The van der Waals surface area contributed by atoms with Gasteiger partial charge in [-0.1, -0.05) is 15.9 Å². The second kappa shape index (κ2) is 3.99. The van der Waals surface area contributed by atoms with Gasteiger partial charge in [-0.15, -0.1) is 0 Å². The van der Waals surface area contributed by atoms with E-state index in [2.05, 4.69) is 15.9 Å². The van der Waals surface area contributed by atoms with Gasteiger partial charge in [0.25, 0.3) is 0 Å². The highest BCUT2D eigenvalue weighted by molar-refractivity contribution is 9.09. The molecule has 2 unspecified atom stereocenters. The lowest BCUT2D eigenvalue weighted by molar-refractivity contribution is -0.233. The van der Waals surface area contributed by atoms with Crippen molar-refractivity contribution in [1.82, 2.24) is 0 Å². The predicted octanol–water partition coefficient (Wildman–Crippen LogP) is -1.82. The van der Waals surface area contributed by atoms with Crippen molar-refractivity contribution in [1.29, 1.82) is 0 Å². The van der Waals surface area contributed by atoms with E-state index < -0.39 is 36.0 Å². The van der Waals surface area contributed by atoms with Gasteiger partial charge in [0.2, 0.25) is 0 Å². The average Bonchev–Trinajstić information content (AvgIpc) is 2.08. The van der Waals surface area contributed by atoms with E-state index in [9.17, 15) is 10.2 Å². The Labute approximate surface area is 77.7 Å². The number of rotatable bonds is 1. The minimum atomic E-state index is -1.21. The molecular weight excluding hydrogens is 232 g/mol. The zero-order valence-electron chi connectivity index (χ0n) is 6.17. The van der Waals surface area contributed by atoms with E-state index in [0.29, 0.717) is 0 Å². The third kappa shape index (κ3) is 1.78. The Morgan fingerprint density at radius 2 is 1.75 bits per heavy atom. The lowest BCUT2D eigenvalue weighted by Crippen LogP contribution is -2.56. The van der Waals surface area contributed by atoms with Crippen LogP contribution in [0, 0.1) is 0 Å². The summed E-state index contributed by atoms with van der Waals surface area (Å²) in [5.41, 5.74) is 0. The average molecular weight is 243 g/mol. The van der Waals surface area contributed by atoms with Crippen LogP contribution in [-0.2, 0) is 4.74 Å². The highest BCUT2D eigenvalue weighted by atomic mass is 79.9. The molecule has 0 radical (unpaired) electrons. The van der Waals surface area contributed by atoms with Crippen LogP contribution < -0.4 is 0 Å². The van der Waals surface area contributed by atoms with Crippen LogP contribution >= 0.6 is 15.9 Å². The molecule has 0 amide bonds. The van der Waals surface area contributed by atoms with E-state index in [1.807, 2.05) is 0 Å². The number of ether oxygens (including phenoxy) is 1. The molecule has 4 N–H and O–H groups in total. The molecule has 0 aromatic heterocycles. The molecule has 1 rings (SSSR count). The van der Waals surface area contributed by atoms with Gasteiger partial charge in [-0.25, -0.2) is 0 Å². The molecular formula is C6H11BrO5. The van der Waals surface area contributed by atoms with Gasteiger partial charge in [-0.2, -0.15) is 0 Å². The molecule has 1 aliphatic rings. The molecule has 72 valence electrons. The number of hydrogen-bond donors (Lipinski definition) is 4. The standard InChI is InChI=1S/C6H11BrO5/c7-3-5(10)4(9)2(1-8)12-6(3)11/h2-6,8-11H,1H2/t2?,3-,4+,5+,6?/m0/s1. The second-order valence-electron chi connectivity index (χ2n) is 2.67. The topological polar surface area (TPSA) is 90.2 Å². The molecule has 5 atom stereocenters. The van der Waals surface area contributed by atoms with Crippen molar-refractivity contribution in [3.8, 4) is 0 Å². The molecule has 0 aromatic rings. The Hall–Kier alpha value is 0.280. The van der Waals surface area contributed by atoms with Crippen LogP contribution in [0.5, 0.6) is 0 Å². The normalized spacial score (nSPS) is 49.2. The summed E-state index contributed by atoms with van der Waals surface area (Å²) < 4.78 is 4.78. The number of alkyl halides is 1. The van der Waals surface area contributed by atoms with E-state index in [1.165, 1.54) is 0 Å². The van der Waals surface area contributed by atoms with Crippen LogP contribution in [0.3, 0.4) is 0 Å². The molecule has 0 spiro atoms. The molecule has 0 aliphatic carbocycles. The van der Waals surface area contributed by atoms with Gasteiger partial charge < -0.3 is 25.2 Å². The largest absolute Gasteiger partial charge is 0.394 e. The van der Waals surface area contributed by atoms with Crippen molar-refractivity contribution in [2.24, 2.45) is 0 Å². The van der Waals surface area contributed by atoms with Crippen molar-refractivity contribution in [3.63, 3.8) is 0 Å². The van der Waals surface area contributed by atoms with Gasteiger partial charge in [0.05, 0.1) is 17.5 Å². The Kier molecular flexibility index (Phi) is 3.45. The fourth-order valence-electron chi connectivity index (χ4n) is 1.06. The lowest BCUT2D eigenvalue weighted by Gasteiger charge is -2.37. The minimum absolute atomic E-state index is 0.436. The van der Waals surface area contributed by atoms with Crippen LogP contribution in [0.1, 0.15) is 0 Å². The third-order valence-electron chi connectivity index (χ3n) is 1.82. The molecule has 5 nitrogen and oxygen atoms in total. The van der Waals surface area contributed by atoms with Crippen molar-refractivity contribution < 1.29 is 25.2 Å². The molecule has 1 saturated heterocycles. The maximum Gasteiger partial charge on any atom is 0.170 e. The summed E-state index contributed by atoms with van der Waals surface area (Å²) in [6.45, 7) is -0.436. The molecule has 1 fully saturated rings. The molecule has 12 heavy (non-hydrogen) atoms. The smallest absolute Gasteiger partial charge is 0.170 e. The van der Waals surface area contributed by atoms with Crippen LogP contribution in [-0.4, -0.2) is 56.5 Å². The fourth-order valence-corrected chi connectivity index (χ4v) is 1.50. The maximum atomic E-state index is 9.27. The van der Waals surface area contributed by atoms with Crippen molar-refractivity contribution in [2.45, 2.75) is 29.4 Å². The van der Waals surface area contributed by atoms with Crippen LogP contribution in [0.4, 0.5) is 0 Å². The van der Waals surface area contributed by atoms with Crippen LogP contribution in [0.2, 0.25) is 0 Å². The van der Waals surface area contributed by atoms with Gasteiger partial charge in [-0.3, -0.25) is 0 Å². The first-order valence-corrected chi connectivity index (χ1v) is 4.44. The molecule has 1 heterocycles. The summed E-state index contributed by atoms with van der Waals surface area (Å²) >= 11 is 2.95. The van der Waals surface area contributed by atoms with E-state index >= 15 is 0 Å². The van der Waals surface area contributed by atoms with Crippen molar-refractivity contribution in [2.75, 3.05) is 6.61 Å². The summed E-state index contributed by atoms with van der Waals surface area (Å²) in [6, 6.07) is 0. The predicted molar refractivity (Wildman–Crippen MR) is 42.7 cm³/mol. The Balaban J connectivity index is 2.63. The van der Waals surface area contributed by atoms with E-state index in [0.717, 1.165) is 0 Å². The Bertz CT molecular complexity index is 150. The highest BCUT2D eigenvalue weighted by Gasteiger charge is 2.42. The zero-order chi connectivity index (χ0) is 9.30. The quantitative estimate of drug-likeness (QED) is 0.407. The minimum Gasteiger partial charge on any atom is -0.394 e. The third-order valence-corrected chi connectivity index (χ3v) is 2.82. The van der Waals surface area contributed by atoms with Gasteiger partial charge in [0.15, 0.2) is 6.29 Å². The van der Waals surface area contributed by atoms with Gasteiger partial charge in [-0.05, 0) is 0 Å². The van der Waals surface area contributed by atoms with Crippen LogP contribution in [0.25, 0.3) is 0 Å². The number of hydrogen-bond acceptors (Lipinski definition) is 5. The molecule has 0 saturated carbocycles. The molecule has 0 aromatic carbocycles. The molecule has 0 bridgehead atoms. The number of halogens is 1. The van der Waals surface area contributed by atoms with Gasteiger partial charge in [0, 0.05) is 0 Å². The van der Waals surface area contributed by atoms with Crippen LogP contribution in [0.15, 0.2) is 0 Å². The SMILES string of the molecule is OCC1OC(O)[C@@H](Br)[C@@H](O)[C@@H]1O. The summed E-state index contributed by atoms with van der Waals surface area (Å²) in [4.78, 5) is -0.727. The highest BCUT2D eigenvalue weighted by Crippen LogP contribution is 2.24. The first-order valence-electron chi connectivity index (χ1n) is 3.52. The lowest BCUT2D eigenvalue weighted by atomic mass is 10.0. The van der Waals surface area contributed by atoms with Crippen molar-refractivity contribution in [3.05, 3.63) is 0 Å². The second-order valence-corrected chi connectivity index (χ2v) is 3.73. The Morgan fingerprint density at radius 3 is 2.25 bits per heavy atom. The van der Waals surface area contributed by atoms with Gasteiger partial charge >= 0.3 is 0 Å². The van der Waals surface area contributed by atoms with Gasteiger partial charge in [0.1, 0.15) is 12.2 Å². The fraction of sp³-hybridized carbons (Fsp3) is 1.00. The van der Waals surface area contributed by atoms with E-state index in [1.54, 1.807) is 0 Å².